The molecule has 1 aromatic rings. The van der Waals surface area contributed by atoms with Crippen molar-refractivity contribution < 1.29 is 9.53 Å². The zero-order valence-corrected chi connectivity index (χ0v) is 15.1. The Morgan fingerprint density at radius 2 is 1.88 bits per heavy atom. The van der Waals surface area contributed by atoms with E-state index in [4.69, 9.17) is 4.74 Å². The van der Waals surface area contributed by atoms with Crippen molar-refractivity contribution in [3.63, 3.8) is 0 Å². The predicted molar refractivity (Wildman–Crippen MR) is 98.9 cm³/mol. The third-order valence-corrected chi connectivity index (χ3v) is 6.20. The summed E-state index contributed by atoms with van der Waals surface area (Å²) >= 11 is 0. The van der Waals surface area contributed by atoms with E-state index in [0.717, 1.165) is 18.7 Å². The van der Waals surface area contributed by atoms with Crippen LogP contribution in [0.15, 0.2) is 24.3 Å². The summed E-state index contributed by atoms with van der Waals surface area (Å²) in [6, 6.07) is 8.88. The molecule has 1 aliphatic carbocycles. The minimum absolute atomic E-state index is 0.0161. The molecule has 4 nitrogen and oxygen atoms in total. The summed E-state index contributed by atoms with van der Waals surface area (Å²) in [6.07, 6.45) is 9.30. The molecule has 2 aliphatic heterocycles. The molecular formula is C21H30N2O2. The predicted octanol–water partition coefficient (Wildman–Crippen LogP) is 3.33. The van der Waals surface area contributed by atoms with Crippen molar-refractivity contribution in [3.05, 3.63) is 35.4 Å². The number of morpholine rings is 1. The van der Waals surface area contributed by atoms with Crippen molar-refractivity contribution >= 4 is 5.91 Å². The lowest BCUT2D eigenvalue weighted by Gasteiger charge is -2.35. The summed E-state index contributed by atoms with van der Waals surface area (Å²) < 4.78 is 5.92. The number of hydrogen-bond acceptors (Lipinski definition) is 3. The first kappa shape index (κ1) is 17.0. The molecular weight excluding hydrogens is 312 g/mol. The molecule has 1 saturated carbocycles. The zero-order chi connectivity index (χ0) is 17.1. The molecule has 4 rings (SSSR count). The Hall–Kier alpha value is -1.39. The molecule has 0 aromatic heterocycles. The van der Waals surface area contributed by atoms with E-state index in [1.807, 2.05) is 12.1 Å². The molecule has 1 N–H and O–H groups in total. The molecule has 2 heterocycles. The lowest BCUT2D eigenvalue weighted by atomic mass is 9.84. The van der Waals surface area contributed by atoms with Crippen LogP contribution in [0.25, 0.3) is 0 Å². The topological polar surface area (TPSA) is 41.6 Å². The van der Waals surface area contributed by atoms with Gasteiger partial charge >= 0.3 is 0 Å². The van der Waals surface area contributed by atoms with Crippen LogP contribution < -0.4 is 5.32 Å². The van der Waals surface area contributed by atoms with Gasteiger partial charge in [0.25, 0.3) is 5.91 Å². The van der Waals surface area contributed by atoms with E-state index in [1.165, 1.54) is 57.1 Å². The van der Waals surface area contributed by atoms with Gasteiger partial charge in [0, 0.05) is 24.7 Å². The highest BCUT2D eigenvalue weighted by atomic mass is 16.5. The van der Waals surface area contributed by atoms with Crippen LogP contribution >= 0.6 is 0 Å². The minimum atomic E-state index is 0.0161. The van der Waals surface area contributed by atoms with Crippen LogP contribution in [0, 0.1) is 0 Å². The Kier molecular flexibility index (Phi) is 5.37. The quantitative estimate of drug-likeness (QED) is 0.912. The van der Waals surface area contributed by atoms with Gasteiger partial charge in [-0.3, -0.25) is 9.69 Å². The van der Waals surface area contributed by atoms with Crippen molar-refractivity contribution in [2.75, 3.05) is 26.2 Å². The molecule has 25 heavy (non-hydrogen) atoms. The Morgan fingerprint density at radius 3 is 2.68 bits per heavy atom. The summed E-state index contributed by atoms with van der Waals surface area (Å²) in [6.45, 7) is 3.55. The van der Waals surface area contributed by atoms with Gasteiger partial charge in [0.1, 0.15) is 0 Å². The standard InChI is InChI=1S/C21H30N2O2/c24-21(22-13-20-14-23-12-4-7-19(23)15-25-20)18-10-8-17(9-11-18)16-5-2-1-3-6-16/h8-11,16,19-20H,1-7,12-15H2,(H,22,24). The number of ether oxygens (including phenoxy) is 1. The van der Waals surface area contributed by atoms with E-state index in [-0.39, 0.29) is 12.0 Å². The molecule has 0 bridgehead atoms. The lowest BCUT2D eigenvalue weighted by Crippen LogP contribution is -2.50. The summed E-state index contributed by atoms with van der Waals surface area (Å²) in [4.78, 5) is 14.9. The molecule has 0 spiro atoms. The first-order valence-corrected chi connectivity index (χ1v) is 10.0. The fourth-order valence-electron chi connectivity index (χ4n) is 4.66. The molecule has 3 fully saturated rings. The number of carbonyl (C=O) groups is 1. The van der Waals surface area contributed by atoms with Gasteiger partial charge in [0.05, 0.1) is 12.7 Å². The maximum absolute atomic E-state index is 12.4. The monoisotopic (exact) mass is 342 g/mol. The number of hydrogen-bond donors (Lipinski definition) is 1. The minimum Gasteiger partial charge on any atom is -0.373 e. The molecule has 2 atom stereocenters. The Labute approximate surface area is 150 Å². The van der Waals surface area contributed by atoms with Gasteiger partial charge in [-0.15, -0.1) is 0 Å². The van der Waals surface area contributed by atoms with Gasteiger partial charge in [-0.2, -0.15) is 0 Å². The third-order valence-electron chi connectivity index (χ3n) is 6.20. The number of fused-ring (bicyclic) bond motifs is 1. The van der Waals surface area contributed by atoms with Crippen molar-refractivity contribution in [2.24, 2.45) is 0 Å². The average molecular weight is 342 g/mol. The second-order valence-corrected chi connectivity index (χ2v) is 7.91. The molecule has 136 valence electrons. The Bertz CT molecular complexity index is 580. The highest BCUT2D eigenvalue weighted by Crippen LogP contribution is 2.32. The van der Waals surface area contributed by atoms with Crippen LogP contribution in [-0.2, 0) is 4.74 Å². The summed E-state index contributed by atoms with van der Waals surface area (Å²) in [5.41, 5.74) is 2.15. The van der Waals surface area contributed by atoms with Crippen molar-refractivity contribution in [2.45, 2.75) is 63.0 Å². The molecule has 2 saturated heterocycles. The van der Waals surface area contributed by atoms with E-state index in [9.17, 15) is 4.79 Å². The fourth-order valence-corrected chi connectivity index (χ4v) is 4.66. The number of rotatable bonds is 4. The number of amides is 1. The van der Waals surface area contributed by atoms with Crippen LogP contribution in [0.5, 0.6) is 0 Å². The van der Waals surface area contributed by atoms with E-state index in [2.05, 4.69) is 22.3 Å². The number of nitrogens with one attached hydrogen (secondary N) is 1. The molecule has 2 unspecified atom stereocenters. The van der Waals surface area contributed by atoms with Crippen LogP contribution in [0.3, 0.4) is 0 Å². The summed E-state index contributed by atoms with van der Waals surface area (Å²) in [5.74, 6) is 0.706. The Balaban J connectivity index is 1.27. The smallest absolute Gasteiger partial charge is 0.251 e. The normalized spacial score (nSPS) is 27.8. The molecule has 4 heteroatoms. The van der Waals surface area contributed by atoms with Crippen LogP contribution in [-0.4, -0.2) is 49.2 Å². The third kappa shape index (κ3) is 4.06. The fraction of sp³-hybridized carbons (Fsp3) is 0.667. The van der Waals surface area contributed by atoms with Crippen molar-refractivity contribution in [1.82, 2.24) is 10.2 Å². The van der Waals surface area contributed by atoms with Crippen molar-refractivity contribution in [1.29, 1.82) is 0 Å². The van der Waals surface area contributed by atoms with Gasteiger partial charge in [0.15, 0.2) is 0 Å². The zero-order valence-electron chi connectivity index (χ0n) is 15.1. The van der Waals surface area contributed by atoms with Gasteiger partial charge in [-0.1, -0.05) is 31.4 Å². The van der Waals surface area contributed by atoms with E-state index in [1.54, 1.807) is 0 Å². The number of benzene rings is 1. The van der Waals surface area contributed by atoms with Crippen molar-refractivity contribution in [3.8, 4) is 0 Å². The maximum Gasteiger partial charge on any atom is 0.251 e. The van der Waals surface area contributed by atoms with Gasteiger partial charge in [-0.05, 0) is 55.8 Å². The van der Waals surface area contributed by atoms with Gasteiger partial charge < -0.3 is 10.1 Å². The SMILES string of the molecule is O=C(NCC1CN2CCCC2CO1)c1ccc(C2CCCCC2)cc1. The van der Waals surface area contributed by atoms with Crippen LogP contribution in [0.1, 0.15) is 66.8 Å². The second kappa shape index (κ2) is 7.88. The first-order valence-electron chi connectivity index (χ1n) is 10.0. The largest absolute Gasteiger partial charge is 0.373 e. The van der Waals surface area contributed by atoms with Crippen LogP contribution in [0.4, 0.5) is 0 Å². The molecule has 1 amide bonds. The molecule has 3 aliphatic rings. The number of carbonyl (C=O) groups excluding carboxylic acids is 1. The summed E-state index contributed by atoms with van der Waals surface area (Å²) in [7, 11) is 0. The molecule has 1 aromatic carbocycles. The second-order valence-electron chi connectivity index (χ2n) is 7.91. The molecule has 0 radical (unpaired) electrons. The van der Waals surface area contributed by atoms with Crippen LogP contribution in [0.2, 0.25) is 0 Å². The van der Waals surface area contributed by atoms with E-state index >= 15 is 0 Å². The van der Waals surface area contributed by atoms with E-state index in [0.29, 0.717) is 18.5 Å². The highest BCUT2D eigenvalue weighted by Gasteiger charge is 2.32. The Morgan fingerprint density at radius 1 is 1.08 bits per heavy atom. The van der Waals surface area contributed by atoms with E-state index < -0.39 is 0 Å². The van der Waals surface area contributed by atoms with Gasteiger partial charge in [-0.25, -0.2) is 0 Å². The first-order chi connectivity index (χ1) is 12.3. The highest BCUT2D eigenvalue weighted by molar-refractivity contribution is 5.94. The van der Waals surface area contributed by atoms with Gasteiger partial charge in [0.2, 0.25) is 0 Å². The number of nitrogens with zero attached hydrogens (tertiary/aromatic N) is 1. The average Bonchev–Trinajstić information content (AvgIpc) is 3.15. The lowest BCUT2D eigenvalue weighted by molar-refractivity contribution is -0.0461. The summed E-state index contributed by atoms with van der Waals surface area (Å²) in [5, 5.41) is 3.06. The maximum atomic E-state index is 12.4.